The number of benzene rings is 2. The van der Waals surface area contributed by atoms with Crippen molar-refractivity contribution in [3.8, 4) is 0 Å². The molecule has 148 valence electrons. The van der Waals surface area contributed by atoms with Crippen molar-refractivity contribution in [1.82, 2.24) is 10.2 Å². The summed E-state index contributed by atoms with van der Waals surface area (Å²) in [6, 6.07) is 19.0. The van der Waals surface area contributed by atoms with Gasteiger partial charge in [0.2, 0.25) is 0 Å². The molecule has 2 fully saturated rings. The molecule has 1 saturated carbocycles. The minimum Gasteiger partial charge on any atom is -0.376 e. The van der Waals surface area contributed by atoms with Crippen LogP contribution in [0.2, 0.25) is 5.02 Å². The molecule has 28 heavy (non-hydrogen) atoms. The van der Waals surface area contributed by atoms with Crippen LogP contribution in [-0.4, -0.2) is 43.6 Å². The van der Waals surface area contributed by atoms with Gasteiger partial charge in [-0.15, -0.1) is 0 Å². The molecule has 4 rings (SSSR count). The second kappa shape index (κ2) is 8.97. The van der Waals surface area contributed by atoms with Gasteiger partial charge in [-0.25, -0.2) is 0 Å². The predicted octanol–water partition coefficient (Wildman–Crippen LogP) is 4.31. The fourth-order valence-corrected chi connectivity index (χ4v) is 4.20. The minimum absolute atomic E-state index is 0.450. The van der Waals surface area contributed by atoms with E-state index in [0.29, 0.717) is 24.5 Å². The molecule has 0 spiro atoms. The van der Waals surface area contributed by atoms with Crippen LogP contribution in [0.15, 0.2) is 59.6 Å². The Balaban J connectivity index is 1.23. The van der Waals surface area contributed by atoms with Crippen LogP contribution in [0.4, 0.5) is 0 Å². The number of aliphatic imine (C=N–C) groups is 1. The number of guanidine groups is 1. The van der Waals surface area contributed by atoms with E-state index < -0.39 is 0 Å². The molecule has 1 aliphatic heterocycles. The first-order chi connectivity index (χ1) is 13.7. The predicted molar refractivity (Wildman–Crippen MR) is 115 cm³/mol. The Morgan fingerprint density at radius 1 is 1.21 bits per heavy atom. The summed E-state index contributed by atoms with van der Waals surface area (Å²) in [6.45, 7) is 3.53. The summed E-state index contributed by atoms with van der Waals surface area (Å²) >= 11 is 6.13. The van der Waals surface area contributed by atoms with Gasteiger partial charge in [-0.2, -0.15) is 0 Å². The maximum Gasteiger partial charge on any atom is 0.193 e. The van der Waals surface area contributed by atoms with Crippen LogP contribution in [0.25, 0.3) is 0 Å². The zero-order valence-corrected chi connectivity index (χ0v) is 17.1. The summed E-state index contributed by atoms with van der Waals surface area (Å²) < 4.78 is 5.95. The summed E-state index contributed by atoms with van der Waals surface area (Å²) in [6.07, 6.45) is 2.29. The van der Waals surface area contributed by atoms with E-state index in [4.69, 9.17) is 16.3 Å². The second-order valence-corrected chi connectivity index (χ2v) is 8.23. The van der Waals surface area contributed by atoms with Gasteiger partial charge in [-0.05, 0) is 36.1 Å². The average molecular weight is 398 g/mol. The van der Waals surface area contributed by atoms with E-state index in [-0.39, 0.29) is 0 Å². The highest BCUT2D eigenvalue weighted by Gasteiger charge is 2.40. The normalized spacial score (nSPS) is 24.4. The first-order valence-corrected chi connectivity index (χ1v) is 10.5. The van der Waals surface area contributed by atoms with Crippen LogP contribution in [0.1, 0.15) is 29.9 Å². The summed E-state index contributed by atoms with van der Waals surface area (Å²) in [4.78, 5) is 6.89. The van der Waals surface area contributed by atoms with Gasteiger partial charge in [-0.3, -0.25) is 4.99 Å². The third-order valence-corrected chi connectivity index (χ3v) is 5.88. The molecule has 2 aliphatic rings. The zero-order valence-electron chi connectivity index (χ0n) is 16.4. The van der Waals surface area contributed by atoms with Crippen molar-refractivity contribution in [3.05, 3.63) is 70.7 Å². The molecule has 0 amide bonds. The Kier molecular flexibility index (Phi) is 6.18. The minimum atomic E-state index is 0.450. The topological polar surface area (TPSA) is 36.9 Å². The number of ether oxygens (including phenoxy) is 1. The van der Waals surface area contributed by atoms with E-state index in [2.05, 4.69) is 51.6 Å². The van der Waals surface area contributed by atoms with Crippen molar-refractivity contribution < 1.29 is 4.74 Å². The highest BCUT2D eigenvalue weighted by molar-refractivity contribution is 6.30. The summed E-state index contributed by atoms with van der Waals surface area (Å²) in [5.41, 5.74) is 2.55. The number of likely N-dealkylation sites (tertiary alicyclic amines) is 1. The molecule has 0 bridgehead atoms. The van der Waals surface area contributed by atoms with Crippen LogP contribution in [0.3, 0.4) is 0 Å². The van der Waals surface area contributed by atoms with E-state index in [0.717, 1.165) is 43.5 Å². The fraction of sp³-hybridized carbons (Fsp3) is 0.435. The summed E-state index contributed by atoms with van der Waals surface area (Å²) in [5, 5.41) is 4.46. The lowest BCUT2D eigenvalue weighted by atomic mass is 10.1. The van der Waals surface area contributed by atoms with E-state index in [1.807, 2.05) is 25.2 Å². The SMILES string of the molecule is CN=C(NC1CC1c1cccc(Cl)c1)N1CCC(COCc2ccccc2)C1. The molecular weight excluding hydrogens is 370 g/mol. The van der Waals surface area contributed by atoms with Crippen LogP contribution in [-0.2, 0) is 11.3 Å². The monoisotopic (exact) mass is 397 g/mol. The van der Waals surface area contributed by atoms with Crippen molar-refractivity contribution >= 4 is 17.6 Å². The van der Waals surface area contributed by atoms with Gasteiger partial charge in [0.05, 0.1) is 13.2 Å². The molecule has 2 aromatic carbocycles. The molecule has 5 heteroatoms. The maximum atomic E-state index is 6.13. The zero-order chi connectivity index (χ0) is 19.3. The van der Waals surface area contributed by atoms with E-state index >= 15 is 0 Å². The largest absolute Gasteiger partial charge is 0.376 e. The molecule has 3 unspecified atom stereocenters. The fourth-order valence-electron chi connectivity index (χ4n) is 4.00. The lowest BCUT2D eigenvalue weighted by molar-refractivity contribution is 0.0906. The number of hydrogen-bond donors (Lipinski definition) is 1. The van der Waals surface area contributed by atoms with Gasteiger partial charge >= 0.3 is 0 Å². The van der Waals surface area contributed by atoms with E-state index in [9.17, 15) is 0 Å². The quantitative estimate of drug-likeness (QED) is 0.583. The van der Waals surface area contributed by atoms with Crippen LogP contribution >= 0.6 is 11.6 Å². The Labute approximate surface area is 172 Å². The first kappa shape index (κ1) is 19.3. The smallest absolute Gasteiger partial charge is 0.193 e. The Bertz CT molecular complexity index is 811. The van der Waals surface area contributed by atoms with Gasteiger partial charge in [-0.1, -0.05) is 54.1 Å². The number of hydrogen-bond acceptors (Lipinski definition) is 2. The number of nitrogens with one attached hydrogen (secondary N) is 1. The number of nitrogens with zero attached hydrogens (tertiary/aromatic N) is 2. The third-order valence-electron chi connectivity index (χ3n) is 5.64. The van der Waals surface area contributed by atoms with Crippen LogP contribution in [0, 0.1) is 5.92 Å². The third kappa shape index (κ3) is 4.86. The molecule has 3 atom stereocenters. The maximum absolute atomic E-state index is 6.13. The molecule has 1 saturated heterocycles. The lowest BCUT2D eigenvalue weighted by Crippen LogP contribution is -2.41. The molecule has 2 aromatic rings. The Morgan fingerprint density at radius 3 is 2.86 bits per heavy atom. The van der Waals surface area contributed by atoms with Crippen molar-refractivity contribution in [3.63, 3.8) is 0 Å². The van der Waals surface area contributed by atoms with Crippen molar-refractivity contribution in [2.45, 2.75) is 31.4 Å². The van der Waals surface area contributed by atoms with Gasteiger partial charge in [0, 0.05) is 43.0 Å². The number of rotatable bonds is 6. The van der Waals surface area contributed by atoms with Crippen molar-refractivity contribution in [2.24, 2.45) is 10.9 Å². The van der Waals surface area contributed by atoms with E-state index in [1.165, 1.54) is 11.1 Å². The van der Waals surface area contributed by atoms with Crippen LogP contribution in [0.5, 0.6) is 0 Å². The summed E-state index contributed by atoms with van der Waals surface area (Å²) in [7, 11) is 1.87. The molecule has 1 aliphatic carbocycles. The second-order valence-electron chi connectivity index (χ2n) is 7.80. The van der Waals surface area contributed by atoms with Crippen molar-refractivity contribution in [1.29, 1.82) is 0 Å². The molecule has 4 nitrogen and oxygen atoms in total. The van der Waals surface area contributed by atoms with Crippen molar-refractivity contribution in [2.75, 3.05) is 26.7 Å². The first-order valence-electron chi connectivity index (χ1n) is 10.1. The Morgan fingerprint density at radius 2 is 2.07 bits per heavy atom. The van der Waals surface area contributed by atoms with Gasteiger partial charge < -0.3 is 15.0 Å². The molecule has 0 radical (unpaired) electrons. The molecule has 1 N–H and O–H groups in total. The Hall–Kier alpha value is -2.04. The van der Waals surface area contributed by atoms with Gasteiger partial charge in [0.15, 0.2) is 5.96 Å². The standard InChI is InChI=1S/C23H28ClN3O/c1-25-23(26-22-13-21(22)19-8-5-9-20(24)12-19)27-11-10-18(14-27)16-28-15-17-6-3-2-4-7-17/h2-9,12,18,21-22H,10-11,13-16H2,1H3,(H,25,26). The molecule has 1 heterocycles. The molecule has 0 aromatic heterocycles. The number of halogens is 1. The molecular formula is C23H28ClN3O. The lowest BCUT2D eigenvalue weighted by Gasteiger charge is -2.22. The summed E-state index contributed by atoms with van der Waals surface area (Å²) in [5.74, 6) is 2.10. The average Bonchev–Trinajstić information content (AvgIpc) is 3.34. The van der Waals surface area contributed by atoms with Gasteiger partial charge in [0.25, 0.3) is 0 Å². The highest BCUT2D eigenvalue weighted by Crippen LogP contribution is 2.41. The highest BCUT2D eigenvalue weighted by atomic mass is 35.5. The van der Waals surface area contributed by atoms with E-state index in [1.54, 1.807) is 0 Å². The van der Waals surface area contributed by atoms with Crippen LogP contribution < -0.4 is 5.32 Å². The van der Waals surface area contributed by atoms with Gasteiger partial charge in [0.1, 0.15) is 0 Å².